The van der Waals surface area contributed by atoms with Crippen molar-refractivity contribution < 1.29 is 0 Å². The van der Waals surface area contributed by atoms with E-state index in [-0.39, 0.29) is 43.3 Å². The quantitative estimate of drug-likeness (QED) is 0.138. The summed E-state index contributed by atoms with van der Waals surface area (Å²) in [6, 6.07) is 81.5. The maximum Gasteiger partial charge on any atom is 0.0541 e. The third-order valence-corrected chi connectivity index (χ3v) is 21.1. The average Bonchev–Trinajstić information content (AvgIpc) is 1.31. The highest BCUT2D eigenvalue weighted by Gasteiger charge is 2.30. The van der Waals surface area contributed by atoms with E-state index in [1.165, 1.54) is 149 Å². The van der Waals surface area contributed by atoms with Crippen LogP contribution in [0.2, 0.25) is 0 Å². The van der Waals surface area contributed by atoms with Crippen molar-refractivity contribution >= 4 is 71.2 Å². The molecule has 0 radical (unpaired) electrons. The maximum absolute atomic E-state index is 2.58. The van der Waals surface area contributed by atoms with Gasteiger partial charge in [0.2, 0.25) is 0 Å². The molecule has 0 aliphatic rings. The van der Waals surface area contributed by atoms with Crippen LogP contribution in [0, 0.1) is 0 Å². The Morgan fingerprint density at radius 2 is 0.561 bits per heavy atom. The molecule has 0 saturated carbocycles. The lowest BCUT2D eigenvalue weighted by Gasteiger charge is -2.31. The maximum atomic E-state index is 2.58. The Hall–Kier alpha value is -8.72. The first-order chi connectivity index (χ1) is 45.6. The molecule has 0 N–H and O–H groups in total. The van der Waals surface area contributed by atoms with Gasteiger partial charge in [0, 0.05) is 32.8 Å². The summed E-state index contributed by atoms with van der Waals surface area (Å²) in [7, 11) is 0. The molecule has 13 aromatic rings. The first kappa shape index (κ1) is 67.8. The van der Waals surface area contributed by atoms with E-state index >= 15 is 0 Å². The lowest BCUT2D eigenvalue weighted by Crippen LogP contribution is -2.17. The van der Waals surface area contributed by atoms with E-state index in [9.17, 15) is 0 Å². The number of aromatic nitrogens is 1. The lowest BCUT2D eigenvalue weighted by atomic mass is 9.78. The van der Waals surface area contributed by atoms with Crippen LogP contribution < -0.4 is 4.90 Å². The normalized spacial score (nSPS) is 13.3. The van der Waals surface area contributed by atoms with E-state index < -0.39 is 0 Å². The van der Waals surface area contributed by atoms with Gasteiger partial charge in [-0.05, 0) is 203 Å². The molecule has 13 rings (SSSR count). The van der Waals surface area contributed by atoms with Gasteiger partial charge in [-0.25, -0.2) is 0 Å². The number of para-hydroxylation sites is 1. The average molecular weight is 1290 g/mol. The fraction of sp³-hybridized carbons (Fsp3) is 0.333. The smallest absolute Gasteiger partial charge is 0.0541 e. The standard InChI is InChI=1S/C96H106N2/c1-89(2,3)68-45-64(46-69(55-68)90(4,5)6)59-29-37-76(38-30-59)97(82-28-26-25-27-77(82)67-51-74(95(19,20)21)58-75(52-67)96(22,23)24)83-41-33-60-32-40-79-84(42-34-61-31-39-78(83)87(60)88(61)79)98-85-43-35-62(65-47-70(91(7,8)9)56-71(48-65)92(10,11)12)53-80(85)81-54-63(36-44-86(81)98)66-49-72(93(13,14)15)57-73(50-66)94(16,17)18/h25-58H,1-24H3. The van der Waals surface area contributed by atoms with Crippen LogP contribution >= 0.6 is 0 Å². The fourth-order valence-electron chi connectivity index (χ4n) is 14.6. The van der Waals surface area contributed by atoms with Crippen LogP contribution in [0.1, 0.15) is 211 Å². The Morgan fingerprint density at radius 1 is 0.235 bits per heavy atom. The number of nitrogens with zero attached hydrogens (tertiary/aromatic N) is 2. The van der Waals surface area contributed by atoms with E-state index in [0.29, 0.717) is 0 Å². The van der Waals surface area contributed by atoms with E-state index in [4.69, 9.17) is 0 Å². The zero-order valence-corrected chi connectivity index (χ0v) is 63.5. The summed E-state index contributed by atoms with van der Waals surface area (Å²) in [6.07, 6.45) is 0. The van der Waals surface area contributed by atoms with E-state index in [2.05, 4.69) is 382 Å². The predicted octanol–water partition coefficient (Wildman–Crippen LogP) is 28.2. The molecular weight excluding hydrogens is 1180 g/mol. The van der Waals surface area contributed by atoms with Crippen LogP contribution in [0.4, 0.5) is 17.1 Å². The van der Waals surface area contributed by atoms with Crippen molar-refractivity contribution in [3.63, 3.8) is 0 Å². The van der Waals surface area contributed by atoms with Gasteiger partial charge in [-0.15, -0.1) is 0 Å². The number of anilines is 3. The molecule has 0 amide bonds. The third-order valence-electron chi connectivity index (χ3n) is 21.1. The van der Waals surface area contributed by atoms with Crippen molar-refractivity contribution in [2.45, 2.75) is 209 Å². The summed E-state index contributed by atoms with van der Waals surface area (Å²) in [6.45, 7) is 56.1. The summed E-state index contributed by atoms with van der Waals surface area (Å²) >= 11 is 0. The molecule has 0 spiro atoms. The Labute approximate surface area is 587 Å². The highest BCUT2D eigenvalue weighted by molar-refractivity contribution is 6.28. The summed E-state index contributed by atoms with van der Waals surface area (Å²) in [5.41, 5.74) is 27.4. The van der Waals surface area contributed by atoms with Crippen molar-refractivity contribution in [3.8, 4) is 50.2 Å². The molecule has 0 bridgehead atoms. The van der Waals surface area contributed by atoms with Crippen LogP contribution in [0.5, 0.6) is 0 Å². The highest BCUT2D eigenvalue weighted by atomic mass is 15.1. The predicted molar refractivity (Wildman–Crippen MR) is 431 cm³/mol. The Kier molecular flexibility index (Phi) is 16.2. The second kappa shape index (κ2) is 23.5. The number of hydrogen-bond acceptors (Lipinski definition) is 1. The molecule has 0 saturated heterocycles. The third kappa shape index (κ3) is 12.7. The molecule has 1 heterocycles. The molecule has 0 atom stereocenters. The molecule has 0 aliphatic carbocycles. The first-order valence-corrected chi connectivity index (χ1v) is 36.0. The monoisotopic (exact) mass is 1290 g/mol. The first-order valence-electron chi connectivity index (χ1n) is 36.0. The van der Waals surface area contributed by atoms with Crippen LogP contribution in [0.3, 0.4) is 0 Å². The van der Waals surface area contributed by atoms with Crippen molar-refractivity contribution in [1.29, 1.82) is 0 Å². The van der Waals surface area contributed by atoms with Crippen molar-refractivity contribution in [2.75, 3.05) is 4.90 Å². The number of benzene rings is 12. The summed E-state index contributed by atoms with van der Waals surface area (Å²) < 4.78 is 2.58. The van der Waals surface area contributed by atoms with Gasteiger partial charge in [-0.2, -0.15) is 0 Å². The molecule has 0 unspecified atom stereocenters. The largest absolute Gasteiger partial charge is 0.309 e. The lowest BCUT2D eigenvalue weighted by molar-refractivity contribution is 0.568. The molecule has 12 aromatic carbocycles. The van der Waals surface area contributed by atoms with E-state index in [1.54, 1.807) is 0 Å². The molecule has 500 valence electrons. The van der Waals surface area contributed by atoms with Gasteiger partial charge in [-0.1, -0.05) is 318 Å². The molecule has 2 nitrogen and oxygen atoms in total. The number of fused-ring (bicyclic) bond motifs is 3. The zero-order valence-electron chi connectivity index (χ0n) is 63.5. The Balaban J connectivity index is 1.06. The van der Waals surface area contributed by atoms with Crippen molar-refractivity contribution in [3.05, 3.63) is 251 Å². The Morgan fingerprint density at radius 3 is 0.959 bits per heavy atom. The van der Waals surface area contributed by atoms with Gasteiger partial charge >= 0.3 is 0 Å². The van der Waals surface area contributed by atoms with Crippen LogP contribution in [0.25, 0.3) is 104 Å². The van der Waals surface area contributed by atoms with E-state index in [0.717, 1.165) is 17.1 Å². The minimum Gasteiger partial charge on any atom is -0.309 e. The minimum atomic E-state index is -0.0577. The van der Waals surface area contributed by atoms with Crippen LogP contribution in [-0.4, -0.2) is 4.57 Å². The van der Waals surface area contributed by atoms with Gasteiger partial charge in [-0.3, -0.25) is 0 Å². The molecule has 2 heteroatoms. The van der Waals surface area contributed by atoms with Crippen molar-refractivity contribution in [1.82, 2.24) is 4.57 Å². The summed E-state index contributed by atoms with van der Waals surface area (Å²) in [5, 5.41) is 9.91. The SMILES string of the molecule is CC(C)(C)c1cc(-c2ccc(N(c3ccccc3-c3cc(C(C)(C)C)cc(C(C)(C)C)c3)c3ccc4ccc5c(-n6c7ccc(-c8cc(C(C)(C)C)cc(C(C)(C)C)c8)cc7c7cc(-c8cc(C(C)(C)C)cc(C(C)(C)C)c8)ccc76)ccc6ccc3c4c65)cc2)cc(C(C)(C)C)c1. The molecule has 0 fully saturated rings. The van der Waals surface area contributed by atoms with Gasteiger partial charge in [0.25, 0.3) is 0 Å². The number of hydrogen-bond donors (Lipinski definition) is 0. The molecule has 0 aliphatic heterocycles. The zero-order chi connectivity index (χ0) is 70.5. The van der Waals surface area contributed by atoms with Crippen LogP contribution in [0.15, 0.2) is 206 Å². The van der Waals surface area contributed by atoms with Gasteiger partial charge in [0.1, 0.15) is 0 Å². The van der Waals surface area contributed by atoms with E-state index in [1.807, 2.05) is 0 Å². The van der Waals surface area contributed by atoms with Crippen LogP contribution in [-0.2, 0) is 43.3 Å². The van der Waals surface area contributed by atoms with Crippen molar-refractivity contribution in [2.24, 2.45) is 0 Å². The van der Waals surface area contributed by atoms with Gasteiger partial charge in [0.05, 0.1) is 28.1 Å². The van der Waals surface area contributed by atoms with Gasteiger partial charge < -0.3 is 9.47 Å². The van der Waals surface area contributed by atoms with Gasteiger partial charge in [0.15, 0.2) is 0 Å². The number of rotatable bonds is 8. The minimum absolute atomic E-state index is 0.00589. The fourth-order valence-corrected chi connectivity index (χ4v) is 14.6. The topological polar surface area (TPSA) is 8.17 Å². The second-order valence-electron chi connectivity index (χ2n) is 37.0. The Bertz CT molecular complexity index is 4990. The second-order valence-corrected chi connectivity index (χ2v) is 37.0. The molecule has 1 aromatic heterocycles. The molecule has 98 heavy (non-hydrogen) atoms. The summed E-state index contributed by atoms with van der Waals surface area (Å²) in [4.78, 5) is 2.56. The highest BCUT2D eigenvalue weighted by Crippen LogP contribution is 2.50. The summed E-state index contributed by atoms with van der Waals surface area (Å²) in [5.74, 6) is 0. The molecular formula is C96H106N2.